The lowest BCUT2D eigenvalue weighted by Crippen LogP contribution is -2.48. The molecule has 4 aromatic rings. The Balaban J connectivity index is 1.90. The fourth-order valence-electron chi connectivity index (χ4n) is 4.60. The lowest BCUT2D eigenvalue weighted by molar-refractivity contribution is -0.145. The van der Waals surface area contributed by atoms with Crippen LogP contribution >= 0.6 is 0 Å². The van der Waals surface area contributed by atoms with Crippen molar-refractivity contribution in [2.75, 3.05) is 12.0 Å². The highest BCUT2D eigenvalue weighted by atomic mass is 16.5. The van der Waals surface area contributed by atoms with Gasteiger partial charge in [-0.25, -0.2) is 4.79 Å². The molecular weight excluding hydrogens is 402 g/mol. The molecule has 6 nitrogen and oxygen atoms in total. The Hall–Kier alpha value is -4.37. The number of esters is 1. The second-order valence-electron chi connectivity index (χ2n) is 7.56. The first kappa shape index (κ1) is 19.6. The van der Waals surface area contributed by atoms with E-state index in [1.165, 1.54) is 7.11 Å². The molecular formula is C26H19N3O3. The van der Waals surface area contributed by atoms with Crippen molar-refractivity contribution >= 4 is 28.5 Å². The molecule has 0 bridgehead atoms. The van der Waals surface area contributed by atoms with Crippen molar-refractivity contribution in [2.24, 2.45) is 0 Å². The number of aromatic nitrogens is 1. The number of para-hydroxylation sites is 2. The lowest BCUT2D eigenvalue weighted by Gasteiger charge is -2.41. The van der Waals surface area contributed by atoms with Crippen LogP contribution in [-0.2, 0) is 9.53 Å². The van der Waals surface area contributed by atoms with E-state index in [0.29, 0.717) is 16.6 Å². The molecule has 6 heteroatoms. The fraction of sp³-hybridized carbons (Fsp3) is 0.115. The third kappa shape index (κ3) is 2.79. The zero-order valence-corrected chi connectivity index (χ0v) is 17.3. The summed E-state index contributed by atoms with van der Waals surface area (Å²) in [6.45, 7) is 0. The molecule has 2 atom stereocenters. The molecule has 0 saturated heterocycles. The molecule has 1 aliphatic rings. The molecule has 5 rings (SSSR count). The monoisotopic (exact) mass is 421 g/mol. The van der Waals surface area contributed by atoms with Gasteiger partial charge in [0.1, 0.15) is 11.8 Å². The number of carbonyl (C=O) groups excluding carboxylic acids is 2. The molecule has 0 spiro atoms. The summed E-state index contributed by atoms with van der Waals surface area (Å²) in [6.07, 6.45) is 0. The molecule has 0 saturated carbocycles. The maximum atomic E-state index is 14.0. The zero-order valence-electron chi connectivity index (χ0n) is 17.3. The van der Waals surface area contributed by atoms with Crippen LogP contribution in [0.3, 0.4) is 0 Å². The van der Waals surface area contributed by atoms with E-state index in [9.17, 15) is 14.9 Å². The summed E-state index contributed by atoms with van der Waals surface area (Å²) in [4.78, 5) is 28.9. The first-order valence-electron chi connectivity index (χ1n) is 10.2. The number of carbonyl (C=O) groups is 2. The quantitative estimate of drug-likeness (QED) is 0.452. The highest BCUT2D eigenvalue weighted by Gasteiger charge is 2.47. The van der Waals surface area contributed by atoms with E-state index >= 15 is 0 Å². The fourth-order valence-corrected chi connectivity index (χ4v) is 4.60. The van der Waals surface area contributed by atoms with Gasteiger partial charge in [0, 0.05) is 11.1 Å². The first-order valence-corrected chi connectivity index (χ1v) is 10.2. The van der Waals surface area contributed by atoms with Crippen LogP contribution in [-0.4, -0.2) is 23.6 Å². The van der Waals surface area contributed by atoms with Crippen molar-refractivity contribution in [1.82, 2.24) is 4.57 Å². The molecule has 0 N–H and O–H groups in total. The molecule has 156 valence electrons. The summed E-state index contributed by atoms with van der Waals surface area (Å²) < 4.78 is 6.91. The Kier molecular flexibility index (Phi) is 4.72. The van der Waals surface area contributed by atoms with Crippen LogP contribution < -0.4 is 4.90 Å². The number of rotatable bonds is 3. The summed E-state index contributed by atoms with van der Waals surface area (Å²) in [6, 6.07) is 26.6. The van der Waals surface area contributed by atoms with Gasteiger partial charge in [-0.15, -0.1) is 0 Å². The SMILES string of the molecule is COC(=O)[C@@H]1[C@@H](c2ccccc2)N(c2ccccc2)C(=O)c2c(C#N)c3ccccc3n21. The van der Waals surface area contributed by atoms with Crippen LogP contribution in [0, 0.1) is 11.3 Å². The van der Waals surface area contributed by atoms with Gasteiger partial charge in [-0.3, -0.25) is 9.69 Å². The number of hydrogen-bond acceptors (Lipinski definition) is 4. The molecule has 0 aliphatic carbocycles. The molecule has 2 heterocycles. The lowest BCUT2D eigenvalue weighted by atomic mass is 9.93. The van der Waals surface area contributed by atoms with Crippen LogP contribution in [0.1, 0.15) is 33.7 Å². The second kappa shape index (κ2) is 7.71. The zero-order chi connectivity index (χ0) is 22.2. The number of nitrogens with zero attached hydrogens (tertiary/aromatic N) is 3. The molecule has 1 aromatic heterocycles. The summed E-state index contributed by atoms with van der Waals surface area (Å²) in [5, 5.41) is 10.6. The molecule has 0 unspecified atom stereocenters. The Morgan fingerprint density at radius 3 is 2.22 bits per heavy atom. The number of benzene rings is 3. The van der Waals surface area contributed by atoms with Gasteiger partial charge in [0.05, 0.1) is 24.2 Å². The second-order valence-corrected chi connectivity index (χ2v) is 7.56. The van der Waals surface area contributed by atoms with E-state index < -0.39 is 18.1 Å². The van der Waals surface area contributed by atoms with E-state index in [1.54, 1.807) is 15.5 Å². The van der Waals surface area contributed by atoms with Gasteiger partial charge < -0.3 is 9.30 Å². The van der Waals surface area contributed by atoms with Gasteiger partial charge in [0.2, 0.25) is 0 Å². The Morgan fingerprint density at radius 2 is 1.56 bits per heavy atom. The molecule has 3 aromatic carbocycles. The Bertz CT molecular complexity index is 1370. The molecule has 1 amide bonds. The highest BCUT2D eigenvalue weighted by molar-refractivity contribution is 6.13. The standard InChI is InChI=1S/C26H19N3O3/c1-32-26(31)24-22(17-10-4-2-5-11-17)28(18-12-6-3-7-13-18)25(30)23-20(16-27)19-14-8-9-15-21(19)29(23)24/h2-15,22,24H,1H3/t22-,24+/m1/s1. The van der Waals surface area contributed by atoms with Crippen molar-refractivity contribution in [1.29, 1.82) is 5.26 Å². The number of methoxy groups -OCH3 is 1. The van der Waals surface area contributed by atoms with Crippen molar-refractivity contribution < 1.29 is 14.3 Å². The largest absolute Gasteiger partial charge is 0.467 e. The number of anilines is 1. The summed E-state index contributed by atoms with van der Waals surface area (Å²) in [5.41, 5.74) is 2.53. The number of nitriles is 1. The number of hydrogen-bond donors (Lipinski definition) is 0. The van der Waals surface area contributed by atoms with E-state index in [0.717, 1.165) is 5.56 Å². The van der Waals surface area contributed by atoms with Crippen molar-refractivity contribution in [3.8, 4) is 6.07 Å². The average Bonchev–Trinajstić information content (AvgIpc) is 3.19. The smallest absolute Gasteiger partial charge is 0.331 e. The van der Waals surface area contributed by atoms with Gasteiger partial charge in [0.15, 0.2) is 6.04 Å². The van der Waals surface area contributed by atoms with E-state index in [2.05, 4.69) is 6.07 Å². The minimum atomic E-state index is -0.873. The Labute approximate surface area is 184 Å². The van der Waals surface area contributed by atoms with Gasteiger partial charge in [-0.1, -0.05) is 66.7 Å². The summed E-state index contributed by atoms with van der Waals surface area (Å²) in [7, 11) is 1.34. The van der Waals surface area contributed by atoms with Crippen LogP contribution in [0.5, 0.6) is 0 Å². The third-order valence-electron chi connectivity index (χ3n) is 5.92. The van der Waals surface area contributed by atoms with Gasteiger partial charge >= 0.3 is 5.97 Å². The van der Waals surface area contributed by atoms with Gasteiger partial charge in [-0.05, 0) is 23.8 Å². The van der Waals surface area contributed by atoms with Crippen LogP contribution in [0.4, 0.5) is 5.69 Å². The third-order valence-corrected chi connectivity index (χ3v) is 5.92. The minimum Gasteiger partial charge on any atom is -0.467 e. The molecule has 0 radical (unpaired) electrons. The number of amides is 1. The van der Waals surface area contributed by atoms with E-state index in [4.69, 9.17) is 4.74 Å². The average molecular weight is 421 g/mol. The maximum absolute atomic E-state index is 14.0. The van der Waals surface area contributed by atoms with Crippen molar-refractivity contribution in [3.05, 3.63) is 102 Å². The molecule has 0 fully saturated rings. The predicted molar refractivity (Wildman–Crippen MR) is 120 cm³/mol. The molecule has 1 aliphatic heterocycles. The van der Waals surface area contributed by atoms with Crippen molar-refractivity contribution in [2.45, 2.75) is 12.1 Å². The predicted octanol–water partition coefficient (Wildman–Crippen LogP) is 4.63. The summed E-state index contributed by atoms with van der Waals surface area (Å²) >= 11 is 0. The number of fused-ring (bicyclic) bond motifs is 3. The van der Waals surface area contributed by atoms with E-state index in [1.807, 2.05) is 78.9 Å². The first-order chi connectivity index (χ1) is 15.7. The topological polar surface area (TPSA) is 75.3 Å². The Morgan fingerprint density at radius 1 is 0.938 bits per heavy atom. The van der Waals surface area contributed by atoms with E-state index in [-0.39, 0.29) is 17.2 Å². The minimum absolute atomic E-state index is 0.195. The van der Waals surface area contributed by atoms with Crippen LogP contribution in [0.2, 0.25) is 0 Å². The normalized spacial score (nSPS) is 17.6. The van der Waals surface area contributed by atoms with Gasteiger partial charge in [-0.2, -0.15) is 5.26 Å². The summed E-state index contributed by atoms with van der Waals surface area (Å²) in [5.74, 6) is -0.822. The number of ether oxygens (including phenoxy) is 1. The highest BCUT2D eigenvalue weighted by Crippen LogP contribution is 2.45. The molecule has 32 heavy (non-hydrogen) atoms. The van der Waals surface area contributed by atoms with Crippen LogP contribution in [0.25, 0.3) is 10.9 Å². The van der Waals surface area contributed by atoms with Gasteiger partial charge in [0.25, 0.3) is 5.91 Å². The van der Waals surface area contributed by atoms with Crippen molar-refractivity contribution in [3.63, 3.8) is 0 Å². The van der Waals surface area contributed by atoms with Crippen LogP contribution in [0.15, 0.2) is 84.9 Å². The maximum Gasteiger partial charge on any atom is 0.331 e.